The molecule has 1 saturated heterocycles. The summed E-state index contributed by atoms with van der Waals surface area (Å²) in [5.41, 5.74) is 1.57. The van der Waals surface area contributed by atoms with Gasteiger partial charge in [0.1, 0.15) is 13.2 Å². The molecule has 1 unspecified atom stereocenters. The maximum atomic E-state index is 12.8. The number of ether oxygens (including phenoxy) is 2. The fourth-order valence-electron chi connectivity index (χ4n) is 3.52. The molecule has 4 rings (SSSR count). The normalized spacial score (nSPS) is 17.4. The van der Waals surface area contributed by atoms with Crippen LogP contribution in [0.1, 0.15) is 19.8 Å². The highest BCUT2D eigenvalue weighted by Gasteiger charge is 2.36. The van der Waals surface area contributed by atoms with Gasteiger partial charge >= 0.3 is 0 Å². The van der Waals surface area contributed by atoms with Crippen LogP contribution in [0.15, 0.2) is 36.4 Å². The molecule has 2 aromatic rings. The molecule has 0 radical (unpaired) electrons. The highest BCUT2D eigenvalue weighted by Crippen LogP contribution is 2.36. The van der Waals surface area contributed by atoms with Gasteiger partial charge in [-0.25, -0.2) is 0 Å². The highest BCUT2D eigenvalue weighted by molar-refractivity contribution is 6.34. The Balaban J connectivity index is 1.45. The number of hydrogen-bond donors (Lipinski definition) is 2. The fourth-order valence-corrected chi connectivity index (χ4v) is 3.68. The number of anilines is 3. The summed E-state index contributed by atoms with van der Waals surface area (Å²) in [4.78, 5) is 38.6. The quantitative estimate of drug-likeness (QED) is 0.737. The summed E-state index contributed by atoms with van der Waals surface area (Å²) < 4.78 is 11.1. The standard InChI is InChI=1S/C22H22ClN3O5/c1-2-20(27)24-14-3-5-16(23)17(10-14)25-22(29)13-9-21(28)26(12-13)15-4-6-18-19(11-15)31-8-7-30-18/h3-6,10-11,13H,2,7-9,12H2,1H3,(H,24,27)(H,25,29). The molecule has 0 bridgehead atoms. The minimum absolute atomic E-state index is 0.0875. The Bertz CT molecular complexity index is 1040. The molecule has 0 saturated carbocycles. The molecule has 2 aliphatic rings. The third kappa shape index (κ3) is 4.59. The smallest absolute Gasteiger partial charge is 0.229 e. The number of nitrogens with zero attached hydrogens (tertiary/aromatic N) is 1. The predicted octanol–water partition coefficient (Wildman–Crippen LogP) is 3.45. The second-order valence-corrected chi connectivity index (χ2v) is 7.73. The molecule has 2 N–H and O–H groups in total. The van der Waals surface area contributed by atoms with Crippen LogP contribution in [0.4, 0.5) is 17.1 Å². The van der Waals surface area contributed by atoms with Crippen molar-refractivity contribution in [3.8, 4) is 11.5 Å². The van der Waals surface area contributed by atoms with Gasteiger partial charge in [0.25, 0.3) is 0 Å². The monoisotopic (exact) mass is 443 g/mol. The molecular formula is C22H22ClN3O5. The molecule has 9 heteroatoms. The fraction of sp³-hybridized carbons (Fsp3) is 0.318. The maximum absolute atomic E-state index is 12.8. The first-order valence-corrected chi connectivity index (χ1v) is 10.4. The van der Waals surface area contributed by atoms with Gasteiger partial charge < -0.3 is 25.0 Å². The van der Waals surface area contributed by atoms with Crippen LogP contribution in [-0.2, 0) is 14.4 Å². The Morgan fingerprint density at radius 3 is 2.65 bits per heavy atom. The van der Waals surface area contributed by atoms with E-state index in [0.29, 0.717) is 53.2 Å². The predicted molar refractivity (Wildman–Crippen MR) is 117 cm³/mol. The van der Waals surface area contributed by atoms with Crippen molar-refractivity contribution in [3.05, 3.63) is 41.4 Å². The number of carbonyl (C=O) groups excluding carboxylic acids is 3. The molecule has 162 valence electrons. The largest absolute Gasteiger partial charge is 0.486 e. The molecule has 2 heterocycles. The summed E-state index contributed by atoms with van der Waals surface area (Å²) in [6.07, 6.45) is 0.425. The number of carbonyl (C=O) groups is 3. The Hall–Kier alpha value is -3.26. The number of amides is 3. The topological polar surface area (TPSA) is 97.0 Å². The minimum Gasteiger partial charge on any atom is -0.486 e. The number of rotatable bonds is 5. The third-order valence-corrected chi connectivity index (χ3v) is 5.49. The van der Waals surface area contributed by atoms with E-state index in [1.54, 1.807) is 48.2 Å². The molecule has 0 spiro atoms. The van der Waals surface area contributed by atoms with E-state index in [-0.39, 0.29) is 30.7 Å². The zero-order valence-corrected chi connectivity index (χ0v) is 17.7. The van der Waals surface area contributed by atoms with Crippen molar-refractivity contribution in [2.24, 2.45) is 5.92 Å². The zero-order valence-electron chi connectivity index (χ0n) is 16.9. The van der Waals surface area contributed by atoms with Crippen molar-refractivity contribution in [2.45, 2.75) is 19.8 Å². The number of benzene rings is 2. The summed E-state index contributed by atoms with van der Waals surface area (Å²) in [5.74, 6) is 0.0886. The van der Waals surface area contributed by atoms with Gasteiger partial charge in [-0.15, -0.1) is 0 Å². The Labute approximate surface area is 184 Å². The number of halogens is 1. The Morgan fingerprint density at radius 2 is 1.87 bits per heavy atom. The van der Waals surface area contributed by atoms with E-state index >= 15 is 0 Å². The zero-order chi connectivity index (χ0) is 22.0. The van der Waals surface area contributed by atoms with Crippen LogP contribution in [0.25, 0.3) is 0 Å². The number of hydrogen-bond acceptors (Lipinski definition) is 5. The highest BCUT2D eigenvalue weighted by atomic mass is 35.5. The van der Waals surface area contributed by atoms with E-state index in [1.165, 1.54) is 0 Å². The minimum atomic E-state index is -0.536. The Kier molecular flexibility index (Phi) is 5.99. The van der Waals surface area contributed by atoms with Crippen LogP contribution in [0.2, 0.25) is 5.02 Å². The lowest BCUT2D eigenvalue weighted by Crippen LogP contribution is -2.28. The second kappa shape index (κ2) is 8.85. The third-order valence-electron chi connectivity index (χ3n) is 5.16. The van der Waals surface area contributed by atoms with Gasteiger partial charge in [-0.2, -0.15) is 0 Å². The van der Waals surface area contributed by atoms with E-state index < -0.39 is 5.92 Å². The van der Waals surface area contributed by atoms with Crippen molar-refractivity contribution >= 4 is 46.4 Å². The summed E-state index contributed by atoms with van der Waals surface area (Å²) in [6, 6.07) is 10.2. The van der Waals surface area contributed by atoms with Gasteiger partial charge in [0.05, 0.1) is 16.6 Å². The molecule has 8 nitrogen and oxygen atoms in total. The summed E-state index contributed by atoms with van der Waals surface area (Å²) in [7, 11) is 0. The maximum Gasteiger partial charge on any atom is 0.229 e. The van der Waals surface area contributed by atoms with Crippen molar-refractivity contribution in [1.82, 2.24) is 0 Å². The number of fused-ring (bicyclic) bond motifs is 1. The average Bonchev–Trinajstić information content (AvgIpc) is 3.17. The van der Waals surface area contributed by atoms with Gasteiger partial charge in [-0.1, -0.05) is 18.5 Å². The lowest BCUT2D eigenvalue weighted by Gasteiger charge is -2.22. The molecule has 31 heavy (non-hydrogen) atoms. The van der Waals surface area contributed by atoms with Gasteiger partial charge in [0.2, 0.25) is 17.7 Å². The van der Waals surface area contributed by atoms with E-state index in [9.17, 15) is 14.4 Å². The molecular weight excluding hydrogens is 422 g/mol. The van der Waals surface area contributed by atoms with Crippen molar-refractivity contribution in [2.75, 3.05) is 35.3 Å². The van der Waals surface area contributed by atoms with E-state index in [0.717, 1.165) is 0 Å². The second-order valence-electron chi connectivity index (χ2n) is 7.32. The van der Waals surface area contributed by atoms with E-state index in [2.05, 4.69) is 10.6 Å². The molecule has 0 aromatic heterocycles. The SMILES string of the molecule is CCC(=O)Nc1ccc(Cl)c(NC(=O)C2CC(=O)N(c3ccc4c(c3)OCCO4)C2)c1. The van der Waals surface area contributed by atoms with E-state index in [1.807, 2.05) is 0 Å². The van der Waals surface area contributed by atoms with Crippen LogP contribution < -0.4 is 25.0 Å². The molecule has 0 aliphatic carbocycles. The first-order chi connectivity index (χ1) is 14.9. The number of nitrogens with one attached hydrogen (secondary N) is 2. The molecule has 2 aliphatic heterocycles. The van der Waals surface area contributed by atoms with Crippen molar-refractivity contribution < 1.29 is 23.9 Å². The van der Waals surface area contributed by atoms with Gasteiger partial charge in [0, 0.05) is 36.8 Å². The molecule has 1 atom stereocenters. The first-order valence-electron chi connectivity index (χ1n) is 10.0. The van der Waals surface area contributed by atoms with Crippen LogP contribution in [-0.4, -0.2) is 37.5 Å². The van der Waals surface area contributed by atoms with E-state index in [4.69, 9.17) is 21.1 Å². The lowest BCUT2D eigenvalue weighted by molar-refractivity contribution is -0.122. The van der Waals surface area contributed by atoms with Gasteiger partial charge in [-0.3, -0.25) is 14.4 Å². The molecule has 1 fully saturated rings. The van der Waals surface area contributed by atoms with Crippen molar-refractivity contribution in [1.29, 1.82) is 0 Å². The summed E-state index contributed by atoms with van der Waals surface area (Å²) >= 11 is 6.21. The van der Waals surface area contributed by atoms with Gasteiger partial charge in [-0.05, 0) is 30.3 Å². The van der Waals surface area contributed by atoms with Gasteiger partial charge in [0.15, 0.2) is 11.5 Å². The lowest BCUT2D eigenvalue weighted by atomic mass is 10.1. The van der Waals surface area contributed by atoms with Crippen LogP contribution in [0.5, 0.6) is 11.5 Å². The Morgan fingerprint density at radius 1 is 1.10 bits per heavy atom. The van der Waals surface area contributed by atoms with Crippen LogP contribution in [0.3, 0.4) is 0 Å². The summed E-state index contributed by atoms with van der Waals surface area (Å²) in [5, 5.41) is 5.85. The summed E-state index contributed by atoms with van der Waals surface area (Å²) in [6.45, 7) is 2.93. The molecule has 2 aromatic carbocycles. The van der Waals surface area contributed by atoms with Crippen LogP contribution >= 0.6 is 11.6 Å². The molecule has 3 amide bonds. The average molecular weight is 444 g/mol. The first kappa shape index (κ1) is 21.0. The van der Waals surface area contributed by atoms with Crippen molar-refractivity contribution in [3.63, 3.8) is 0 Å². The van der Waals surface area contributed by atoms with Crippen LogP contribution in [0, 0.1) is 5.92 Å².